The minimum absolute atomic E-state index is 0.0286. The van der Waals surface area contributed by atoms with Gasteiger partial charge in [0.25, 0.3) is 0 Å². The molecule has 1 unspecified atom stereocenters. The number of anilines is 2. The zero-order chi connectivity index (χ0) is 22.0. The molecule has 2 N–H and O–H groups in total. The van der Waals surface area contributed by atoms with E-state index in [0.717, 1.165) is 5.56 Å². The minimum Gasteiger partial charge on any atom is -0.496 e. The summed E-state index contributed by atoms with van der Waals surface area (Å²) in [5.74, 6) is 1.50. The Hall–Kier alpha value is -4.01. The second-order valence-corrected chi connectivity index (χ2v) is 6.88. The lowest BCUT2D eigenvalue weighted by molar-refractivity contribution is -0.125. The quantitative estimate of drug-likeness (QED) is 0.633. The highest BCUT2D eigenvalue weighted by Crippen LogP contribution is 2.38. The maximum atomic E-state index is 13.1. The summed E-state index contributed by atoms with van der Waals surface area (Å²) in [6.45, 7) is 0. The molecule has 0 saturated carbocycles. The van der Waals surface area contributed by atoms with Crippen LogP contribution in [0.25, 0.3) is 11.1 Å². The lowest BCUT2D eigenvalue weighted by atomic mass is 10.1. The summed E-state index contributed by atoms with van der Waals surface area (Å²) in [7, 11) is 4.63. The van der Waals surface area contributed by atoms with Gasteiger partial charge in [-0.2, -0.15) is 5.10 Å². The molecule has 0 fully saturated rings. The number of amides is 2. The highest BCUT2D eigenvalue weighted by atomic mass is 16.5. The Morgan fingerprint density at radius 3 is 2.52 bits per heavy atom. The first-order valence-electron chi connectivity index (χ1n) is 9.59. The number of aromatic nitrogens is 2. The summed E-state index contributed by atoms with van der Waals surface area (Å²) < 4.78 is 17.5. The lowest BCUT2D eigenvalue weighted by Gasteiger charge is -2.25. The van der Waals surface area contributed by atoms with Crippen LogP contribution in [0.3, 0.4) is 0 Å². The molecule has 4 rings (SSSR count). The van der Waals surface area contributed by atoms with Crippen molar-refractivity contribution in [1.29, 1.82) is 0 Å². The molecule has 0 radical (unpaired) electrons. The number of hydrogen-bond acceptors (Lipinski definition) is 6. The fourth-order valence-electron chi connectivity index (χ4n) is 3.58. The third kappa shape index (κ3) is 3.77. The molecular weight excluding hydrogens is 400 g/mol. The summed E-state index contributed by atoms with van der Waals surface area (Å²) in [6, 6.07) is 11.7. The molecule has 9 heteroatoms. The number of hydrogen-bond donors (Lipinski definition) is 2. The predicted molar refractivity (Wildman–Crippen MR) is 115 cm³/mol. The van der Waals surface area contributed by atoms with Crippen LogP contribution in [0, 0.1) is 0 Å². The zero-order valence-electron chi connectivity index (χ0n) is 17.3. The van der Waals surface area contributed by atoms with Gasteiger partial charge in [-0.1, -0.05) is 18.2 Å². The van der Waals surface area contributed by atoms with Crippen LogP contribution in [0.5, 0.6) is 17.2 Å². The Kier molecular flexibility index (Phi) is 5.48. The standard InChI is InChI=1S/C22H22N4O5/c1-29-17-7-5-4-6-14(17)15-12-23-26-16(11-20(27)25-21(15)26)22(28)24-13-8-9-18(30-2)19(10-13)31-3/h4-10,12,16H,11H2,1-3H3,(H,24,28)(H,25,27). The first-order chi connectivity index (χ1) is 15.0. The van der Waals surface area contributed by atoms with Gasteiger partial charge in [0.1, 0.15) is 17.6 Å². The molecule has 0 spiro atoms. The Labute approximate surface area is 178 Å². The van der Waals surface area contributed by atoms with Crippen molar-refractivity contribution in [3.05, 3.63) is 48.7 Å². The van der Waals surface area contributed by atoms with E-state index in [9.17, 15) is 9.59 Å². The van der Waals surface area contributed by atoms with Gasteiger partial charge in [-0.05, 0) is 18.2 Å². The van der Waals surface area contributed by atoms with E-state index in [2.05, 4.69) is 15.7 Å². The van der Waals surface area contributed by atoms with E-state index >= 15 is 0 Å². The van der Waals surface area contributed by atoms with Crippen LogP contribution in [-0.4, -0.2) is 42.9 Å². The van der Waals surface area contributed by atoms with Crippen molar-refractivity contribution in [3.8, 4) is 28.4 Å². The second-order valence-electron chi connectivity index (χ2n) is 6.88. The summed E-state index contributed by atoms with van der Waals surface area (Å²) in [6.07, 6.45) is 1.59. The zero-order valence-corrected chi connectivity index (χ0v) is 17.3. The molecule has 2 aromatic carbocycles. The van der Waals surface area contributed by atoms with Gasteiger partial charge in [0, 0.05) is 22.9 Å². The van der Waals surface area contributed by atoms with Crippen molar-refractivity contribution < 1.29 is 23.8 Å². The molecule has 1 aliphatic heterocycles. The van der Waals surface area contributed by atoms with Gasteiger partial charge in [0.05, 0.1) is 33.9 Å². The summed E-state index contributed by atoms with van der Waals surface area (Å²) in [5.41, 5.74) is 1.97. The van der Waals surface area contributed by atoms with E-state index in [1.165, 1.54) is 18.9 Å². The van der Waals surface area contributed by atoms with Gasteiger partial charge in [0.15, 0.2) is 11.5 Å². The number of nitrogens with one attached hydrogen (secondary N) is 2. The molecule has 1 aromatic heterocycles. The number of fused-ring (bicyclic) bond motifs is 1. The van der Waals surface area contributed by atoms with Gasteiger partial charge < -0.3 is 24.8 Å². The molecule has 2 heterocycles. The van der Waals surface area contributed by atoms with E-state index in [-0.39, 0.29) is 18.2 Å². The first-order valence-corrected chi connectivity index (χ1v) is 9.59. The van der Waals surface area contributed by atoms with Crippen molar-refractivity contribution >= 4 is 23.3 Å². The van der Waals surface area contributed by atoms with Crippen LogP contribution in [0.15, 0.2) is 48.7 Å². The molecule has 0 saturated heterocycles. The van der Waals surface area contributed by atoms with Crippen molar-refractivity contribution in [2.75, 3.05) is 32.0 Å². The number of ether oxygens (including phenoxy) is 3. The van der Waals surface area contributed by atoms with Gasteiger partial charge >= 0.3 is 0 Å². The maximum absolute atomic E-state index is 13.1. The molecular formula is C22H22N4O5. The SMILES string of the molecule is COc1ccc(NC(=O)C2CC(=O)Nc3c(-c4ccccc4OC)cnn32)cc1OC. The average Bonchev–Trinajstić information content (AvgIpc) is 3.21. The molecule has 160 valence electrons. The van der Waals surface area contributed by atoms with Gasteiger partial charge in [-0.15, -0.1) is 0 Å². The molecule has 1 atom stereocenters. The number of nitrogens with zero attached hydrogens (tertiary/aromatic N) is 2. The van der Waals surface area contributed by atoms with Crippen LogP contribution in [0.2, 0.25) is 0 Å². The number of benzene rings is 2. The van der Waals surface area contributed by atoms with Crippen LogP contribution < -0.4 is 24.8 Å². The molecule has 0 bridgehead atoms. The summed E-state index contributed by atoms with van der Waals surface area (Å²) >= 11 is 0. The highest BCUT2D eigenvalue weighted by Gasteiger charge is 2.33. The van der Waals surface area contributed by atoms with Crippen LogP contribution in [-0.2, 0) is 9.59 Å². The number of methoxy groups -OCH3 is 3. The van der Waals surface area contributed by atoms with Crippen LogP contribution >= 0.6 is 0 Å². The molecule has 2 amide bonds. The van der Waals surface area contributed by atoms with E-state index in [0.29, 0.717) is 34.3 Å². The fourth-order valence-corrected chi connectivity index (χ4v) is 3.58. The largest absolute Gasteiger partial charge is 0.496 e. The van der Waals surface area contributed by atoms with E-state index in [1.54, 1.807) is 31.5 Å². The van der Waals surface area contributed by atoms with E-state index in [4.69, 9.17) is 14.2 Å². The molecule has 1 aliphatic rings. The summed E-state index contributed by atoms with van der Waals surface area (Å²) in [4.78, 5) is 25.5. The molecule has 31 heavy (non-hydrogen) atoms. The van der Waals surface area contributed by atoms with Crippen LogP contribution in [0.1, 0.15) is 12.5 Å². The average molecular weight is 422 g/mol. The third-order valence-corrected chi connectivity index (χ3v) is 5.08. The number of carbonyl (C=O) groups excluding carboxylic acids is 2. The Balaban J connectivity index is 1.65. The fraction of sp³-hybridized carbons (Fsp3) is 0.227. The second kappa shape index (κ2) is 8.39. The normalized spacial score (nSPS) is 14.9. The van der Waals surface area contributed by atoms with Crippen molar-refractivity contribution in [2.45, 2.75) is 12.5 Å². The highest BCUT2D eigenvalue weighted by molar-refractivity contribution is 6.03. The van der Waals surface area contributed by atoms with Crippen molar-refractivity contribution in [2.24, 2.45) is 0 Å². The smallest absolute Gasteiger partial charge is 0.249 e. The van der Waals surface area contributed by atoms with Gasteiger partial charge in [-0.3, -0.25) is 9.59 Å². The Morgan fingerprint density at radius 2 is 1.77 bits per heavy atom. The first kappa shape index (κ1) is 20.3. The number of carbonyl (C=O) groups is 2. The Morgan fingerprint density at radius 1 is 1.03 bits per heavy atom. The van der Waals surface area contributed by atoms with Crippen molar-refractivity contribution in [1.82, 2.24) is 9.78 Å². The molecule has 9 nitrogen and oxygen atoms in total. The monoisotopic (exact) mass is 422 g/mol. The topological polar surface area (TPSA) is 104 Å². The minimum atomic E-state index is -0.805. The van der Waals surface area contributed by atoms with E-state index < -0.39 is 6.04 Å². The molecule has 3 aromatic rings. The van der Waals surface area contributed by atoms with Gasteiger partial charge in [-0.25, -0.2) is 4.68 Å². The van der Waals surface area contributed by atoms with E-state index in [1.807, 2.05) is 24.3 Å². The summed E-state index contributed by atoms with van der Waals surface area (Å²) in [5, 5.41) is 10.0. The number of rotatable bonds is 6. The molecule has 0 aliphatic carbocycles. The lowest BCUT2D eigenvalue weighted by Crippen LogP contribution is -2.35. The van der Waals surface area contributed by atoms with Gasteiger partial charge in [0.2, 0.25) is 11.8 Å². The Bertz CT molecular complexity index is 1140. The predicted octanol–water partition coefficient (Wildman–Crippen LogP) is 3.10. The van der Waals surface area contributed by atoms with Crippen molar-refractivity contribution in [3.63, 3.8) is 0 Å². The van der Waals surface area contributed by atoms with Crippen LogP contribution in [0.4, 0.5) is 11.5 Å². The third-order valence-electron chi connectivity index (χ3n) is 5.08. The number of para-hydroxylation sites is 1. The maximum Gasteiger partial charge on any atom is 0.249 e.